The maximum Gasteiger partial charge on any atom is 0.119 e. The Balaban J connectivity index is 1.79. The fourth-order valence-corrected chi connectivity index (χ4v) is 2.41. The molecule has 2 rings (SSSR count). The number of unbranched alkanes of at least 4 members (excludes halogenated alkanes) is 1. The van der Waals surface area contributed by atoms with Gasteiger partial charge in [-0.25, -0.2) is 0 Å². The van der Waals surface area contributed by atoms with Gasteiger partial charge in [0.25, 0.3) is 0 Å². The molecule has 0 unspecified atom stereocenters. The van der Waals surface area contributed by atoms with Crippen LogP contribution in [-0.4, -0.2) is 24.9 Å². The van der Waals surface area contributed by atoms with Gasteiger partial charge in [0.15, 0.2) is 0 Å². The highest BCUT2D eigenvalue weighted by Gasteiger charge is 2.18. The van der Waals surface area contributed by atoms with Crippen LogP contribution in [0.2, 0.25) is 0 Å². The van der Waals surface area contributed by atoms with E-state index in [9.17, 15) is 5.11 Å². The molecule has 3 heteroatoms. The van der Waals surface area contributed by atoms with Crippen LogP contribution in [-0.2, 0) is 11.2 Å². The van der Waals surface area contributed by atoms with Crippen LogP contribution in [0.3, 0.4) is 0 Å². The molecule has 0 aliphatic heterocycles. The van der Waals surface area contributed by atoms with Crippen LogP contribution in [0.1, 0.15) is 49.8 Å². The molecule has 0 radical (unpaired) electrons. The van der Waals surface area contributed by atoms with Crippen molar-refractivity contribution >= 4 is 0 Å². The lowest BCUT2D eigenvalue weighted by Crippen LogP contribution is -2.11. The number of aryl methyl sites for hydroxylation is 1. The first-order chi connectivity index (χ1) is 9.31. The number of hydrogen-bond acceptors (Lipinski definition) is 3. The van der Waals surface area contributed by atoms with E-state index in [2.05, 4.69) is 13.0 Å². The van der Waals surface area contributed by atoms with Gasteiger partial charge >= 0.3 is 0 Å². The molecule has 0 saturated carbocycles. The lowest BCUT2D eigenvalue weighted by molar-refractivity contribution is 0.0977. The molecule has 106 valence electrons. The van der Waals surface area contributed by atoms with Crippen LogP contribution in [0.25, 0.3) is 0 Å². The molecule has 0 aromatic heterocycles. The zero-order chi connectivity index (χ0) is 13.5. The summed E-state index contributed by atoms with van der Waals surface area (Å²) in [5, 5.41) is 9.97. The first-order valence-corrected chi connectivity index (χ1v) is 7.32. The standard InChI is InChI=1S/C16H24O3/c1-2-3-9-18-10-11-19-14-8-7-13-5-4-6-16(17)15(13)12-14/h7-8,12,16-17H,2-6,9-11H2,1H3/t16-/m0/s1. The molecule has 19 heavy (non-hydrogen) atoms. The summed E-state index contributed by atoms with van der Waals surface area (Å²) in [7, 11) is 0. The predicted octanol–water partition coefficient (Wildman–Crippen LogP) is 3.25. The molecule has 1 atom stereocenters. The molecule has 0 fully saturated rings. The van der Waals surface area contributed by atoms with Gasteiger partial charge in [0, 0.05) is 6.61 Å². The summed E-state index contributed by atoms with van der Waals surface area (Å²) < 4.78 is 11.1. The number of benzene rings is 1. The highest BCUT2D eigenvalue weighted by atomic mass is 16.5. The molecule has 1 aliphatic carbocycles. The van der Waals surface area contributed by atoms with Crippen molar-refractivity contribution in [3.63, 3.8) is 0 Å². The number of ether oxygens (including phenoxy) is 2. The van der Waals surface area contributed by atoms with E-state index in [1.807, 2.05) is 12.1 Å². The largest absolute Gasteiger partial charge is 0.491 e. The zero-order valence-electron chi connectivity index (χ0n) is 11.7. The lowest BCUT2D eigenvalue weighted by atomic mass is 9.89. The molecule has 1 aromatic rings. The topological polar surface area (TPSA) is 38.7 Å². The fourth-order valence-electron chi connectivity index (χ4n) is 2.41. The second-order valence-corrected chi connectivity index (χ2v) is 5.08. The Hall–Kier alpha value is -1.06. The summed E-state index contributed by atoms with van der Waals surface area (Å²) in [5.74, 6) is 0.832. The van der Waals surface area contributed by atoms with Gasteiger partial charge in [-0.1, -0.05) is 19.4 Å². The maximum absolute atomic E-state index is 9.97. The fraction of sp³-hybridized carbons (Fsp3) is 0.625. The van der Waals surface area contributed by atoms with E-state index in [-0.39, 0.29) is 6.10 Å². The Morgan fingerprint density at radius 2 is 2.16 bits per heavy atom. The van der Waals surface area contributed by atoms with E-state index in [4.69, 9.17) is 9.47 Å². The Morgan fingerprint density at radius 3 is 3.00 bits per heavy atom. The van der Waals surface area contributed by atoms with E-state index in [0.29, 0.717) is 13.2 Å². The molecule has 0 saturated heterocycles. The summed E-state index contributed by atoms with van der Waals surface area (Å²) in [4.78, 5) is 0. The number of aliphatic hydroxyl groups excluding tert-OH is 1. The molecular formula is C16H24O3. The highest BCUT2D eigenvalue weighted by molar-refractivity contribution is 5.38. The second kappa shape index (κ2) is 7.51. The predicted molar refractivity (Wildman–Crippen MR) is 75.6 cm³/mol. The van der Waals surface area contributed by atoms with Crippen molar-refractivity contribution in [2.75, 3.05) is 19.8 Å². The van der Waals surface area contributed by atoms with Crippen molar-refractivity contribution in [2.45, 2.75) is 45.1 Å². The molecule has 0 bridgehead atoms. The minimum Gasteiger partial charge on any atom is -0.491 e. The van der Waals surface area contributed by atoms with Gasteiger partial charge < -0.3 is 14.6 Å². The van der Waals surface area contributed by atoms with Crippen molar-refractivity contribution in [2.24, 2.45) is 0 Å². The Kier molecular flexibility index (Phi) is 5.67. The third kappa shape index (κ3) is 4.22. The quantitative estimate of drug-likeness (QED) is 0.768. The second-order valence-electron chi connectivity index (χ2n) is 5.08. The van der Waals surface area contributed by atoms with Crippen LogP contribution in [0.4, 0.5) is 0 Å². The van der Waals surface area contributed by atoms with Crippen molar-refractivity contribution in [1.82, 2.24) is 0 Å². The first-order valence-electron chi connectivity index (χ1n) is 7.32. The average Bonchev–Trinajstić information content (AvgIpc) is 2.43. The van der Waals surface area contributed by atoms with Crippen LogP contribution >= 0.6 is 0 Å². The third-order valence-corrected chi connectivity index (χ3v) is 3.54. The van der Waals surface area contributed by atoms with Crippen molar-refractivity contribution in [3.05, 3.63) is 29.3 Å². The normalized spacial score (nSPS) is 18.1. The van der Waals surface area contributed by atoms with Gasteiger partial charge in [0.1, 0.15) is 12.4 Å². The van der Waals surface area contributed by atoms with Gasteiger partial charge in [0.2, 0.25) is 0 Å². The van der Waals surface area contributed by atoms with Crippen LogP contribution in [0, 0.1) is 0 Å². The van der Waals surface area contributed by atoms with E-state index in [0.717, 1.165) is 50.0 Å². The zero-order valence-corrected chi connectivity index (χ0v) is 11.7. The molecule has 1 aromatic carbocycles. The van der Waals surface area contributed by atoms with E-state index in [1.54, 1.807) is 0 Å². The summed E-state index contributed by atoms with van der Waals surface area (Å²) in [6, 6.07) is 6.04. The molecule has 0 heterocycles. The molecule has 0 spiro atoms. The molecule has 1 aliphatic rings. The van der Waals surface area contributed by atoms with Gasteiger partial charge in [-0.2, -0.15) is 0 Å². The highest BCUT2D eigenvalue weighted by Crippen LogP contribution is 2.32. The van der Waals surface area contributed by atoms with Crippen LogP contribution < -0.4 is 4.74 Å². The Labute approximate surface area is 115 Å². The van der Waals surface area contributed by atoms with Crippen molar-refractivity contribution < 1.29 is 14.6 Å². The summed E-state index contributed by atoms with van der Waals surface area (Å²) >= 11 is 0. The van der Waals surface area contributed by atoms with Crippen LogP contribution in [0.5, 0.6) is 5.75 Å². The molecule has 1 N–H and O–H groups in total. The smallest absolute Gasteiger partial charge is 0.119 e. The van der Waals surface area contributed by atoms with E-state index in [1.165, 1.54) is 5.56 Å². The minimum absolute atomic E-state index is 0.326. The van der Waals surface area contributed by atoms with E-state index < -0.39 is 0 Å². The number of rotatable bonds is 7. The SMILES string of the molecule is CCCCOCCOc1ccc2c(c1)[C@@H](O)CCC2. The summed E-state index contributed by atoms with van der Waals surface area (Å²) in [6.45, 7) is 4.15. The first kappa shape index (κ1) is 14.4. The van der Waals surface area contributed by atoms with E-state index >= 15 is 0 Å². The van der Waals surface area contributed by atoms with Crippen LogP contribution in [0.15, 0.2) is 18.2 Å². The van der Waals surface area contributed by atoms with Gasteiger partial charge in [-0.15, -0.1) is 0 Å². The van der Waals surface area contributed by atoms with Crippen molar-refractivity contribution in [3.8, 4) is 5.75 Å². The summed E-state index contributed by atoms with van der Waals surface area (Å²) in [5.41, 5.74) is 2.29. The number of hydrogen-bond donors (Lipinski definition) is 1. The van der Waals surface area contributed by atoms with Gasteiger partial charge in [-0.05, 0) is 48.9 Å². The molecule has 3 nitrogen and oxygen atoms in total. The monoisotopic (exact) mass is 264 g/mol. The number of aliphatic hydroxyl groups is 1. The number of fused-ring (bicyclic) bond motifs is 1. The molecule has 0 amide bonds. The lowest BCUT2D eigenvalue weighted by Gasteiger charge is -2.22. The van der Waals surface area contributed by atoms with Gasteiger partial charge in [-0.3, -0.25) is 0 Å². The Morgan fingerprint density at radius 1 is 1.26 bits per heavy atom. The average molecular weight is 264 g/mol. The van der Waals surface area contributed by atoms with Gasteiger partial charge in [0.05, 0.1) is 12.7 Å². The van der Waals surface area contributed by atoms with Crippen molar-refractivity contribution in [1.29, 1.82) is 0 Å². The third-order valence-electron chi connectivity index (χ3n) is 3.54. The molecular weight excluding hydrogens is 240 g/mol. The Bertz CT molecular complexity index is 390. The maximum atomic E-state index is 9.97. The minimum atomic E-state index is -0.326. The summed E-state index contributed by atoms with van der Waals surface area (Å²) in [6.07, 6.45) is 4.92.